The molecular weight excluding hydrogens is 316 g/mol. The normalized spacial score (nSPS) is 17.0. The number of nitrogens with one attached hydrogen (secondary N) is 2. The van der Waals surface area contributed by atoms with E-state index in [-0.39, 0.29) is 24.2 Å². The summed E-state index contributed by atoms with van der Waals surface area (Å²) in [5, 5.41) is 5.28. The van der Waals surface area contributed by atoms with E-state index in [0.717, 1.165) is 0 Å². The highest BCUT2D eigenvalue weighted by molar-refractivity contribution is 5.97. The molecule has 7 heteroatoms. The molecule has 2 aromatic rings. The van der Waals surface area contributed by atoms with E-state index in [0.29, 0.717) is 17.9 Å². The highest BCUT2D eigenvalue weighted by Gasteiger charge is 2.31. The monoisotopic (exact) mass is 331 g/mol. The lowest BCUT2D eigenvalue weighted by molar-refractivity contribution is -0.117. The van der Waals surface area contributed by atoms with E-state index >= 15 is 0 Å². The summed E-state index contributed by atoms with van der Waals surface area (Å²) in [5.41, 5.74) is 1.04. The van der Waals surface area contributed by atoms with E-state index in [1.807, 2.05) is 0 Å². The first-order chi connectivity index (χ1) is 11.5. The van der Waals surface area contributed by atoms with Gasteiger partial charge in [-0.3, -0.25) is 4.79 Å². The number of benzene rings is 2. The summed E-state index contributed by atoms with van der Waals surface area (Å²) >= 11 is 0. The Hall–Kier alpha value is -2.96. The average Bonchev–Trinajstić information content (AvgIpc) is 2.90. The van der Waals surface area contributed by atoms with Crippen molar-refractivity contribution in [3.63, 3.8) is 0 Å². The fourth-order valence-corrected chi connectivity index (χ4v) is 2.56. The third-order valence-corrected chi connectivity index (χ3v) is 3.70. The van der Waals surface area contributed by atoms with Crippen LogP contribution in [0.2, 0.25) is 0 Å². The molecule has 1 aliphatic heterocycles. The predicted octanol–water partition coefficient (Wildman–Crippen LogP) is 2.89. The van der Waals surface area contributed by atoms with Gasteiger partial charge in [0, 0.05) is 24.3 Å². The minimum atomic E-state index is -0.472. The van der Waals surface area contributed by atoms with Crippen LogP contribution in [0.3, 0.4) is 0 Å². The molecule has 1 aliphatic rings. The zero-order valence-corrected chi connectivity index (χ0v) is 12.6. The minimum Gasteiger partial charge on any atom is -0.333 e. The molecular formula is C17H15F2N3O2. The van der Waals surface area contributed by atoms with Crippen LogP contribution in [0.1, 0.15) is 6.42 Å². The molecule has 0 spiro atoms. The highest BCUT2D eigenvalue weighted by atomic mass is 19.1. The zero-order valence-electron chi connectivity index (χ0n) is 12.6. The number of carbonyl (C=O) groups excluding carboxylic acids is 2. The molecule has 2 N–H and O–H groups in total. The van der Waals surface area contributed by atoms with Gasteiger partial charge in [0.25, 0.3) is 0 Å². The molecule has 2 aromatic carbocycles. The molecule has 0 unspecified atom stereocenters. The van der Waals surface area contributed by atoms with Crippen molar-refractivity contribution in [2.45, 2.75) is 12.5 Å². The fourth-order valence-electron chi connectivity index (χ4n) is 2.56. The number of anilines is 2. The van der Waals surface area contributed by atoms with Gasteiger partial charge in [0.2, 0.25) is 5.91 Å². The number of hydrogen-bond donors (Lipinski definition) is 2. The van der Waals surface area contributed by atoms with Crippen molar-refractivity contribution in [3.8, 4) is 0 Å². The molecule has 1 saturated heterocycles. The summed E-state index contributed by atoms with van der Waals surface area (Å²) in [4.78, 5) is 25.5. The van der Waals surface area contributed by atoms with Crippen LogP contribution in [0.5, 0.6) is 0 Å². The SMILES string of the molecule is O=C(Nc1ccc(F)cc1)N[C@@H]1CC(=O)N(c2ccc(F)cc2)C1. The van der Waals surface area contributed by atoms with Gasteiger partial charge in [-0.15, -0.1) is 0 Å². The maximum atomic E-state index is 13.0. The van der Waals surface area contributed by atoms with E-state index in [1.165, 1.54) is 53.4 Å². The first-order valence-corrected chi connectivity index (χ1v) is 7.40. The largest absolute Gasteiger partial charge is 0.333 e. The molecule has 0 radical (unpaired) electrons. The van der Waals surface area contributed by atoms with Crippen molar-refractivity contribution in [2.24, 2.45) is 0 Å². The molecule has 0 bridgehead atoms. The number of halogens is 2. The Morgan fingerprint density at radius 1 is 1.00 bits per heavy atom. The number of carbonyl (C=O) groups is 2. The Bertz CT molecular complexity index is 747. The third kappa shape index (κ3) is 3.68. The summed E-state index contributed by atoms with van der Waals surface area (Å²) in [6, 6.07) is 10.1. The lowest BCUT2D eigenvalue weighted by atomic mass is 10.2. The summed E-state index contributed by atoms with van der Waals surface area (Å²) in [6.07, 6.45) is 0.161. The summed E-state index contributed by atoms with van der Waals surface area (Å²) in [7, 11) is 0. The molecule has 1 fully saturated rings. The van der Waals surface area contributed by atoms with Crippen molar-refractivity contribution < 1.29 is 18.4 Å². The lowest BCUT2D eigenvalue weighted by Crippen LogP contribution is -2.39. The third-order valence-electron chi connectivity index (χ3n) is 3.70. The molecule has 0 aliphatic carbocycles. The second-order valence-corrected chi connectivity index (χ2v) is 5.49. The van der Waals surface area contributed by atoms with Crippen molar-refractivity contribution in [2.75, 3.05) is 16.8 Å². The van der Waals surface area contributed by atoms with Crippen molar-refractivity contribution >= 4 is 23.3 Å². The maximum Gasteiger partial charge on any atom is 0.319 e. The van der Waals surface area contributed by atoms with Gasteiger partial charge in [0.15, 0.2) is 0 Å². The van der Waals surface area contributed by atoms with Crippen LogP contribution in [0, 0.1) is 11.6 Å². The van der Waals surface area contributed by atoms with Gasteiger partial charge >= 0.3 is 6.03 Å². The van der Waals surface area contributed by atoms with Crippen LogP contribution < -0.4 is 15.5 Å². The van der Waals surface area contributed by atoms with Crippen LogP contribution in [0.15, 0.2) is 48.5 Å². The molecule has 1 atom stereocenters. The van der Waals surface area contributed by atoms with Gasteiger partial charge in [-0.1, -0.05) is 0 Å². The zero-order chi connectivity index (χ0) is 17.1. The highest BCUT2D eigenvalue weighted by Crippen LogP contribution is 2.22. The smallest absolute Gasteiger partial charge is 0.319 e. The van der Waals surface area contributed by atoms with Gasteiger partial charge in [-0.25, -0.2) is 13.6 Å². The van der Waals surface area contributed by atoms with Crippen molar-refractivity contribution in [1.29, 1.82) is 0 Å². The predicted molar refractivity (Wildman–Crippen MR) is 85.7 cm³/mol. The average molecular weight is 331 g/mol. The summed E-state index contributed by atoms with van der Waals surface area (Å²) < 4.78 is 25.8. The van der Waals surface area contributed by atoms with Crippen LogP contribution in [-0.2, 0) is 4.79 Å². The van der Waals surface area contributed by atoms with E-state index in [1.54, 1.807) is 0 Å². The Kier molecular flexibility index (Phi) is 4.41. The number of urea groups is 1. The quantitative estimate of drug-likeness (QED) is 0.908. The molecule has 0 aromatic heterocycles. The van der Waals surface area contributed by atoms with Crippen LogP contribution >= 0.6 is 0 Å². The minimum absolute atomic E-state index is 0.145. The van der Waals surface area contributed by atoms with Gasteiger partial charge in [0.1, 0.15) is 11.6 Å². The van der Waals surface area contributed by atoms with Crippen molar-refractivity contribution in [1.82, 2.24) is 5.32 Å². The number of nitrogens with zero attached hydrogens (tertiary/aromatic N) is 1. The Labute approximate surface area is 137 Å². The topological polar surface area (TPSA) is 61.4 Å². The van der Waals surface area contributed by atoms with E-state index in [2.05, 4.69) is 10.6 Å². The van der Waals surface area contributed by atoms with Crippen molar-refractivity contribution in [3.05, 3.63) is 60.2 Å². The first-order valence-electron chi connectivity index (χ1n) is 7.40. The second-order valence-electron chi connectivity index (χ2n) is 5.49. The van der Waals surface area contributed by atoms with Gasteiger partial charge in [-0.2, -0.15) is 0 Å². The summed E-state index contributed by atoms with van der Waals surface area (Å²) in [6.45, 7) is 0.307. The molecule has 124 valence electrons. The number of amides is 3. The van der Waals surface area contributed by atoms with E-state index < -0.39 is 11.8 Å². The molecule has 3 amide bonds. The van der Waals surface area contributed by atoms with Crippen LogP contribution in [-0.4, -0.2) is 24.5 Å². The fraction of sp³-hybridized carbons (Fsp3) is 0.176. The van der Waals surface area contributed by atoms with Gasteiger partial charge in [0.05, 0.1) is 6.04 Å². The second kappa shape index (κ2) is 6.66. The standard InChI is InChI=1S/C17H15F2N3O2/c18-11-1-5-13(6-2-11)20-17(24)21-14-9-16(23)22(10-14)15-7-3-12(19)4-8-15/h1-8,14H,9-10H2,(H2,20,21,24)/t14-/m1/s1. The number of hydrogen-bond acceptors (Lipinski definition) is 2. The van der Waals surface area contributed by atoms with E-state index in [4.69, 9.17) is 0 Å². The Morgan fingerprint density at radius 2 is 1.58 bits per heavy atom. The molecule has 24 heavy (non-hydrogen) atoms. The summed E-state index contributed by atoms with van der Waals surface area (Å²) in [5.74, 6) is -0.912. The first kappa shape index (κ1) is 15.9. The van der Waals surface area contributed by atoms with Gasteiger partial charge in [-0.05, 0) is 48.5 Å². The lowest BCUT2D eigenvalue weighted by Gasteiger charge is -2.17. The van der Waals surface area contributed by atoms with E-state index in [9.17, 15) is 18.4 Å². The van der Waals surface area contributed by atoms with Crippen LogP contribution in [0.4, 0.5) is 25.0 Å². The maximum absolute atomic E-state index is 13.0. The Balaban J connectivity index is 1.58. The Morgan fingerprint density at radius 3 is 2.21 bits per heavy atom. The molecule has 3 rings (SSSR count). The molecule has 0 saturated carbocycles. The molecule has 5 nitrogen and oxygen atoms in total. The molecule has 1 heterocycles. The van der Waals surface area contributed by atoms with Gasteiger partial charge < -0.3 is 15.5 Å². The van der Waals surface area contributed by atoms with Crippen LogP contribution in [0.25, 0.3) is 0 Å². The number of rotatable bonds is 3.